The number of ether oxygens (including phenoxy) is 1. The summed E-state index contributed by atoms with van der Waals surface area (Å²) in [5, 5.41) is 12.0. The molecule has 2 aliphatic carbocycles. The van der Waals surface area contributed by atoms with Crippen LogP contribution in [-0.2, 0) is 16.8 Å². The minimum absolute atomic E-state index is 0.101. The van der Waals surface area contributed by atoms with Crippen molar-refractivity contribution in [3.05, 3.63) is 53.6 Å². The Balaban J connectivity index is 1.75. The Kier molecular flexibility index (Phi) is 4.41. The molecule has 0 heterocycles. The lowest BCUT2D eigenvalue weighted by Gasteiger charge is -2.42. The second-order valence-corrected chi connectivity index (χ2v) is 8.20. The molecule has 0 aromatic heterocycles. The molecule has 0 saturated heterocycles. The maximum Gasteiger partial charge on any atom is 0.405 e. The molecule has 2 aromatic rings. The smallest absolute Gasteiger partial charge is 0.405 e. The van der Waals surface area contributed by atoms with Crippen molar-refractivity contribution < 1.29 is 19.4 Å². The molecule has 1 amide bonds. The summed E-state index contributed by atoms with van der Waals surface area (Å²) in [6, 6.07) is 13.9. The molecular weight excluding hydrogens is 354 g/mol. The van der Waals surface area contributed by atoms with Crippen molar-refractivity contribution in [2.75, 3.05) is 0 Å². The highest BCUT2D eigenvalue weighted by Gasteiger charge is 2.63. The zero-order valence-electron chi connectivity index (χ0n) is 16.2. The minimum atomic E-state index is -1.16. The average molecular weight is 379 g/mol. The third-order valence-electron chi connectivity index (χ3n) is 6.11. The Bertz CT molecular complexity index is 932. The Morgan fingerprint density at radius 2 is 1.89 bits per heavy atom. The zero-order chi connectivity index (χ0) is 19.9. The van der Waals surface area contributed by atoms with Crippen LogP contribution in [0.1, 0.15) is 44.2 Å². The molecule has 4 rings (SSSR count). The molecule has 5 nitrogen and oxygen atoms in total. The van der Waals surface area contributed by atoms with Crippen LogP contribution in [0.25, 0.3) is 11.1 Å². The number of nitrogens with one attached hydrogen (secondary N) is 1. The van der Waals surface area contributed by atoms with Crippen molar-refractivity contribution in [3.8, 4) is 16.9 Å². The van der Waals surface area contributed by atoms with Gasteiger partial charge in [0, 0.05) is 5.41 Å². The molecule has 0 radical (unpaired) electrons. The Labute approximate surface area is 164 Å². The van der Waals surface area contributed by atoms with Crippen molar-refractivity contribution in [3.63, 3.8) is 0 Å². The summed E-state index contributed by atoms with van der Waals surface area (Å²) in [5.41, 5.74) is 2.49. The van der Waals surface area contributed by atoms with Gasteiger partial charge < -0.3 is 20.0 Å². The number of carbonyl (C=O) groups is 2. The maximum absolute atomic E-state index is 12.2. The van der Waals surface area contributed by atoms with E-state index >= 15 is 0 Å². The maximum atomic E-state index is 12.2. The molecule has 1 saturated carbocycles. The van der Waals surface area contributed by atoms with Crippen molar-refractivity contribution >= 4 is 12.4 Å². The second kappa shape index (κ2) is 6.66. The van der Waals surface area contributed by atoms with Gasteiger partial charge in [0.15, 0.2) is 6.29 Å². The van der Waals surface area contributed by atoms with E-state index in [1.54, 1.807) is 0 Å². The van der Waals surface area contributed by atoms with Gasteiger partial charge in [0.2, 0.25) is 0 Å². The largest absolute Gasteiger partial charge is 0.491 e. The van der Waals surface area contributed by atoms with Gasteiger partial charge >= 0.3 is 6.09 Å². The first-order chi connectivity index (χ1) is 13.4. The summed E-state index contributed by atoms with van der Waals surface area (Å²) in [4.78, 5) is 23.7. The lowest BCUT2D eigenvalue weighted by atomic mass is 9.67. The van der Waals surface area contributed by atoms with Gasteiger partial charge in [-0.3, -0.25) is 0 Å². The number of benzene rings is 2. The fourth-order valence-electron chi connectivity index (χ4n) is 4.62. The van der Waals surface area contributed by atoms with Crippen molar-refractivity contribution in [1.82, 2.24) is 5.32 Å². The highest BCUT2D eigenvalue weighted by molar-refractivity contribution is 5.81. The molecule has 5 heteroatoms. The van der Waals surface area contributed by atoms with Crippen molar-refractivity contribution in [2.45, 2.75) is 51.2 Å². The van der Waals surface area contributed by atoms with E-state index in [2.05, 4.69) is 11.4 Å². The van der Waals surface area contributed by atoms with E-state index in [1.807, 2.05) is 50.2 Å². The number of fused-ring (bicyclic) bond motifs is 1. The predicted octanol–water partition coefficient (Wildman–Crippen LogP) is 4.53. The average Bonchev–Trinajstić information content (AvgIpc) is 3.44. The molecule has 0 bridgehead atoms. The molecule has 28 heavy (non-hydrogen) atoms. The molecular formula is C23H25NO4. The molecule has 1 atom stereocenters. The first-order valence-electron chi connectivity index (χ1n) is 9.77. The van der Waals surface area contributed by atoms with Crippen LogP contribution in [0.2, 0.25) is 0 Å². The van der Waals surface area contributed by atoms with Crippen LogP contribution >= 0.6 is 0 Å². The molecule has 1 spiro atoms. The lowest BCUT2D eigenvalue weighted by Crippen LogP contribution is -2.55. The first-order valence-corrected chi connectivity index (χ1v) is 9.77. The minimum Gasteiger partial charge on any atom is -0.491 e. The van der Waals surface area contributed by atoms with E-state index in [0.29, 0.717) is 0 Å². The highest BCUT2D eigenvalue weighted by atomic mass is 16.5. The summed E-state index contributed by atoms with van der Waals surface area (Å²) < 4.78 is 5.80. The molecule has 146 valence electrons. The van der Waals surface area contributed by atoms with Crippen molar-refractivity contribution in [1.29, 1.82) is 0 Å². The topological polar surface area (TPSA) is 75.6 Å². The van der Waals surface area contributed by atoms with Gasteiger partial charge in [0.25, 0.3) is 0 Å². The summed E-state index contributed by atoms with van der Waals surface area (Å²) in [7, 11) is 0. The van der Waals surface area contributed by atoms with Gasteiger partial charge in [-0.05, 0) is 73.9 Å². The molecule has 0 unspecified atom stereocenters. The monoisotopic (exact) mass is 379 g/mol. The van der Waals surface area contributed by atoms with Crippen LogP contribution in [0.5, 0.6) is 5.75 Å². The summed E-state index contributed by atoms with van der Waals surface area (Å²) in [6.45, 7) is 3.99. The normalized spacial score (nSPS) is 21.8. The summed E-state index contributed by atoms with van der Waals surface area (Å²) >= 11 is 0. The van der Waals surface area contributed by atoms with Crippen molar-refractivity contribution in [2.24, 2.45) is 5.41 Å². The quantitative estimate of drug-likeness (QED) is 0.749. The third-order valence-corrected chi connectivity index (χ3v) is 6.11. The number of hydrogen-bond donors (Lipinski definition) is 2. The number of amides is 1. The van der Waals surface area contributed by atoms with E-state index in [-0.39, 0.29) is 11.5 Å². The van der Waals surface area contributed by atoms with Crippen LogP contribution in [-0.4, -0.2) is 23.6 Å². The van der Waals surface area contributed by atoms with E-state index in [4.69, 9.17) is 4.74 Å². The van der Waals surface area contributed by atoms with Gasteiger partial charge in [-0.15, -0.1) is 0 Å². The van der Waals surface area contributed by atoms with Crippen LogP contribution in [0.15, 0.2) is 42.5 Å². The fraction of sp³-hybridized carbons (Fsp3) is 0.391. The number of aryl methyl sites for hydroxylation is 1. The van der Waals surface area contributed by atoms with E-state index < -0.39 is 11.6 Å². The molecule has 0 aliphatic heterocycles. The van der Waals surface area contributed by atoms with Gasteiger partial charge in [-0.2, -0.15) is 0 Å². The van der Waals surface area contributed by atoms with Gasteiger partial charge in [-0.25, -0.2) is 4.79 Å². The van der Waals surface area contributed by atoms with Crippen LogP contribution in [0.4, 0.5) is 4.79 Å². The Morgan fingerprint density at radius 1 is 1.14 bits per heavy atom. The van der Waals surface area contributed by atoms with Gasteiger partial charge in [0.1, 0.15) is 11.3 Å². The van der Waals surface area contributed by atoms with Crippen LogP contribution < -0.4 is 10.1 Å². The third kappa shape index (κ3) is 2.95. The van der Waals surface area contributed by atoms with Crippen LogP contribution in [0, 0.1) is 5.41 Å². The fourth-order valence-corrected chi connectivity index (χ4v) is 4.62. The van der Waals surface area contributed by atoms with Gasteiger partial charge in [0.05, 0.1) is 6.10 Å². The molecule has 2 N–H and O–H groups in total. The lowest BCUT2D eigenvalue weighted by molar-refractivity contribution is -0.116. The zero-order valence-corrected chi connectivity index (χ0v) is 16.2. The van der Waals surface area contributed by atoms with Gasteiger partial charge in [-0.1, -0.05) is 30.3 Å². The first kappa shape index (κ1) is 18.5. The van der Waals surface area contributed by atoms with E-state index in [0.717, 1.165) is 60.0 Å². The molecule has 2 aliphatic rings. The summed E-state index contributed by atoms with van der Waals surface area (Å²) in [5.74, 6) is 0.817. The van der Waals surface area contributed by atoms with Crippen LogP contribution in [0.3, 0.4) is 0 Å². The Morgan fingerprint density at radius 3 is 2.54 bits per heavy atom. The number of hydrogen-bond acceptors (Lipinski definition) is 3. The SMILES string of the molecule is CC(C)Oc1cccc(-c2ccc3c(c2)CCC2(CC2)[C@]3(C=O)NC(=O)O)c1. The number of rotatable bonds is 5. The van der Waals surface area contributed by atoms with E-state index in [1.165, 1.54) is 0 Å². The second-order valence-electron chi connectivity index (χ2n) is 8.20. The Hall–Kier alpha value is -2.82. The predicted molar refractivity (Wildman–Crippen MR) is 107 cm³/mol. The number of carboxylic acid groups (broad SMARTS) is 1. The molecule has 2 aromatic carbocycles. The number of carbonyl (C=O) groups excluding carboxylic acids is 1. The summed E-state index contributed by atoms with van der Waals surface area (Å²) in [6.07, 6.45) is 3.17. The van der Waals surface area contributed by atoms with E-state index in [9.17, 15) is 14.7 Å². The number of aldehydes is 1. The molecule has 1 fully saturated rings. The highest BCUT2D eigenvalue weighted by Crippen LogP contribution is 2.63. The standard InChI is InChI=1S/C23H25NO4/c1-15(2)28-19-5-3-4-16(13-19)17-6-7-20-18(12-17)8-9-22(10-11-22)23(20,14-25)24-21(26)27/h3-7,12-15,24H,8-11H2,1-2H3,(H,26,27)/t23-/m1/s1.